The molecule has 1 saturated carbocycles. The van der Waals surface area contributed by atoms with E-state index in [0.717, 1.165) is 17.7 Å². The summed E-state index contributed by atoms with van der Waals surface area (Å²) in [5.74, 6) is 0.817. The smallest absolute Gasteiger partial charge is 0.252 e. The largest absolute Gasteiger partial charge is 0.467 e. The van der Waals surface area contributed by atoms with Crippen molar-refractivity contribution in [2.75, 3.05) is 5.75 Å². The lowest BCUT2D eigenvalue weighted by Gasteiger charge is -2.09. The van der Waals surface area contributed by atoms with E-state index in [1.165, 1.54) is 11.8 Å². The topological polar surface area (TPSA) is 71.3 Å². The van der Waals surface area contributed by atoms with Gasteiger partial charge in [-0.25, -0.2) is 0 Å². The molecule has 1 fully saturated rings. The molecule has 0 bridgehead atoms. The zero-order valence-electron chi connectivity index (χ0n) is 12.6. The van der Waals surface area contributed by atoms with Crippen molar-refractivity contribution < 1.29 is 14.0 Å². The van der Waals surface area contributed by atoms with E-state index in [2.05, 4.69) is 10.6 Å². The summed E-state index contributed by atoms with van der Waals surface area (Å²) >= 11 is 1.36. The standard InChI is InChI=1S/C17H18N2O3S/c20-16(18-10-13-4-3-9-22-13)11-23-15-6-2-1-5-14(15)17(21)19-12-7-8-12/h1-6,9,12H,7-8,10-11H2,(H,18,20)(H,19,21). The molecule has 120 valence electrons. The Morgan fingerprint density at radius 2 is 2.00 bits per heavy atom. The normalized spacial score (nSPS) is 13.6. The van der Waals surface area contributed by atoms with Crippen LogP contribution in [-0.4, -0.2) is 23.6 Å². The van der Waals surface area contributed by atoms with Crippen LogP contribution in [0.4, 0.5) is 0 Å². The SMILES string of the molecule is O=C(CSc1ccccc1C(=O)NC1CC1)NCc1ccco1. The van der Waals surface area contributed by atoms with E-state index in [1.807, 2.05) is 24.3 Å². The molecule has 5 nitrogen and oxygen atoms in total. The Morgan fingerprint density at radius 1 is 1.17 bits per heavy atom. The monoisotopic (exact) mass is 330 g/mol. The van der Waals surface area contributed by atoms with Gasteiger partial charge in [0.05, 0.1) is 24.1 Å². The van der Waals surface area contributed by atoms with Crippen molar-refractivity contribution >= 4 is 23.6 Å². The molecule has 1 aliphatic rings. The fourth-order valence-corrected chi connectivity index (χ4v) is 2.94. The van der Waals surface area contributed by atoms with Gasteiger partial charge in [0, 0.05) is 10.9 Å². The van der Waals surface area contributed by atoms with E-state index in [-0.39, 0.29) is 17.6 Å². The second kappa shape index (κ2) is 7.37. The number of furan rings is 1. The van der Waals surface area contributed by atoms with Gasteiger partial charge in [-0.15, -0.1) is 11.8 Å². The Bertz CT molecular complexity index is 681. The van der Waals surface area contributed by atoms with Crippen molar-refractivity contribution in [3.63, 3.8) is 0 Å². The molecule has 6 heteroatoms. The highest BCUT2D eigenvalue weighted by molar-refractivity contribution is 8.00. The van der Waals surface area contributed by atoms with Gasteiger partial charge in [-0.05, 0) is 37.1 Å². The molecule has 0 spiro atoms. The molecule has 0 radical (unpaired) electrons. The third-order valence-electron chi connectivity index (χ3n) is 3.44. The van der Waals surface area contributed by atoms with Crippen LogP contribution in [0, 0.1) is 0 Å². The molecule has 2 aromatic rings. The summed E-state index contributed by atoms with van der Waals surface area (Å²) in [4.78, 5) is 24.9. The molecule has 3 rings (SSSR count). The lowest BCUT2D eigenvalue weighted by Crippen LogP contribution is -2.26. The van der Waals surface area contributed by atoms with E-state index in [4.69, 9.17) is 4.42 Å². The number of carbonyl (C=O) groups excluding carboxylic acids is 2. The number of hydrogen-bond acceptors (Lipinski definition) is 4. The van der Waals surface area contributed by atoms with Gasteiger partial charge in [0.25, 0.3) is 5.91 Å². The Labute approximate surface area is 138 Å². The van der Waals surface area contributed by atoms with Crippen LogP contribution in [0.5, 0.6) is 0 Å². The van der Waals surface area contributed by atoms with Crippen LogP contribution in [0.1, 0.15) is 29.0 Å². The first kappa shape index (κ1) is 15.7. The highest BCUT2D eigenvalue weighted by Crippen LogP contribution is 2.24. The van der Waals surface area contributed by atoms with Gasteiger partial charge in [0.2, 0.25) is 5.91 Å². The minimum absolute atomic E-state index is 0.0633. The predicted molar refractivity (Wildman–Crippen MR) is 88.2 cm³/mol. The van der Waals surface area contributed by atoms with Crippen molar-refractivity contribution in [2.24, 2.45) is 0 Å². The lowest BCUT2D eigenvalue weighted by molar-refractivity contribution is -0.118. The first-order valence-electron chi connectivity index (χ1n) is 7.54. The van der Waals surface area contributed by atoms with Gasteiger partial charge in [0.15, 0.2) is 0 Å². The fraction of sp³-hybridized carbons (Fsp3) is 0.294. The number of nitrogens with one attached hydrogen (secondary N) is 2. The first-order valence-corrected chi connectivity index (χ1v) is 8.52. The summed E-state index contributed by atoms with van der Waals surface area (Å²) < 4.78 is 5.17. The zero-order valence-corrected chi connectivity index (χ0v) is 13.4. The summed E-state index contributed by atoms with van der Waals surface area (Å²) in [7, 11) is 0. The highest BCUT2D eigenvalue weighted by atomic mass is 32.2. The minimum atomic E-state index is -0.0937. The van der Waals surface area contributed by atoms with Gasteiger partial charge >= 0.3 is 0 Å². The molecular weight excluding hydrogens is 312 g/mol. The van der Waals surface area contributed by atoms with Crippen LogP contribution in [-0.2, 0) is 11.3 Å². The van der Waals surface area contributed by atoms with Crippen molar-refractivity contribution in [3.05, 3.63) is 54.0 Å². The van der Waals surface area contributed by atoms with Crippen molar-refractivity contribution in [1.29, 1.82) is 0 Å². The van der Waals surface area contributed by atoms with E-state index < -0.39 is 0 Å². The molecule has 1 heterocycles. The molecule has 0 atom stereocenters. The number of hydrogen-bond donors (Lipinski definition) is 2. The molecule has 23 heavy (non-hydrogen) atoms. The van der Waals surface area contributed by atoms with Crippen LogP contribution in [0.3, 0.4) is 0 Å². The van der Waals surface area contributed by atoms with Gasteiger partial charge in [-0.3, -0.25) is 9.59 Å². The predicted octanol–water partition coefficient (Wildman–Crippen LogP) is 2.58. The van der Waals surface area contributed by atoms with Crippen LogP contribution >= 0.6 is 11.8 Å². The van der Waals surface area contributed by atoms with Crippen LogP contribution in [0.2, 0.25) is 0 Å². The quantitative estimate of drug-likeness (QED) is 0.766. The van der Waals surface area contributed by atoms with Gasteiger partial charge in [0.1, 0.15) is 5.76 Å². The Morgan fingerprint density at radius 3 is 2.74 bits per heavy atom. The fourth-order valence-electron chi connectivity index (χ4n) is 2.06. The van der Waals surface area contributed by atoms with Gasteiger partial charge in [-0.2, -0.15) is 0 Å². The van der Waals surface area contributed by atoms with E-state index >= 15 is 0 Å². The number of amides is 2. The molecular formula is C17H18N2O3S. The molecule has 0 aliphatic heterocycles. The molecule has 0 saturated heterocycles. The summed E-state index contributed by atoms with van der Waals surface area (Å²) in [6.07, 6.45) is 3.68. The molecule has 1 aromatic carbocycles. The van der Waals surface area contributed by atoms with E-state index in [1.54, 1.807) is 18.4 Å². The number of carbonyl (C=O) groups is 2. The third-order valence-corrected chi connectivity index (χ3v) is 4.52. The summed E-state index contributed by atoms with van der Waals surface area (Å²) in [6.45, 7) is 0.371. The van der Waals surface area contributed by atoms with Gasteiger partial charge in [-0.1, -0.05) is 12.1 Å². The maximum Gasteiger partial charge on any atom is 0.252 e. The van der Waals surface area contributed by atoms with Crippen LogP contribution in [0.25, 0.3) is 0 Å². The van der Waals surface area contributed by atoms with Crippen molar-refractivity contribution in [2.45, 2.75) is 30.3 Å². The summed E-state index contributed by atoms with van der Waals surface area (Å²) in [6, 6.07) is 11.3. The van der Waals surface area contributed by atoms with Crippen molar-refractivity contribution in [3.8, 4) is 0 Å². The number of benzene rings is 1. The first-order chi connectivity index (χ1) is 11.2. The second-order valence-electron chi connectivity index (χ2n) is 5.39. The number of thioether (sulfide) groups is 1. The minimum Gasteiger partial charge on any atom is -0.467 e. The average molecular weight is 330 g/mol. The maximum atomic E-state index is 12.2. The number of rotatable bonds is 7. The maximum absolute atomic E-state index is 12.2. The average Bonchev–Trinajstić information content (AvgIpc) is 3.22. The Hall–Kier alpha value is -2.21. The van der Waals surface area contributed by atoms with Crippen LogP contribution in [0.15, 0.2) is 52.0 Å². The second-order valence-corrected chi connectivity index (χ2v) is 6.41. The molecule has 2 N–H and O–H groups in total. The van der Waals surface area contributed by atoms with E-state index in [9.17, 15) is 9.59 Å². The molecule has 2 amide bonds. The van der Waals surface area contributed by atoms with Gasteiger partial charge < -0.3 is 15.1 Å². The summed E-state index contributed by atoms with van der Waals surface area (Å²) in [5.41, 5.74) is 0.628. The molecule has 1 aliphatic carbocycles. The lowest BCUT2D eigenvalue weighted by atomic mass is 10.2. The third kappa shape index (κ3) is 4.63. The summed E-state index contributed by atoms with van der Waals surface area (Å²) in [5, 5.41) is 5.77. The Balaban J connectivity index is 1.52. The molecule has 0 unspecified atom stereocenters. The van der Waals surface area contributed by atoms with E-state index in [0.29, 0.717) is 23.9 Å². The highest BCUT2D eigenvalue weighted by Gasteiger charge is 2.24. The zero-order chi connectivity index (χ0) is 16.1. The Kier molecular flexibility index (Phi) is 5.02. The van der Waals surface area contributed by atoms with Crippen LogP contribution < -0.4 is 10.6 Å². The molecule has 1 aromatic heterocycles. The van der Waals surface area contributed by atoms with Crippen molar-refractivity contribution in [1.82, 2.24) is 10.6 Å².